The monoisotopic (exact) mass is 363 g/mol. The highest BCUT2D eigenvalue weighted by Gasteiger charge is 2.17. The molecule has 6 nitrogen and oxygen atoms in total. The molecule has 0 bridgehead atoms. The topological polar surface area (TPSA) is 72.7 Å². The number of para-hydroxylation sites is 2. The van der Waals surface area contributed by atoms with Crippen LogP contribution >= 0.6 is 11.5 Å². The molecule has 130 valence electrons. The van der Waals surface area contributed by atoms with E-state index in [1.807, 2.05) is 54.0 Å². The molecule has 0 saturated carbocycles. The third-order valence-corrected chi connectivity index (χ3v) is 5.05. The maximum absolute atomic E-state index is 12.6. The highest BCUT2D eigenvalue weighted by molar-refractivity contribution is 7.08. The average Bonchev–Trinajstić information content (AvgIpc) is 3.24. The van der Waals surface area contributed by atoms with E-state index in [0.717, 1.165) is 28.7 Å². The number of imidazole rings is 1. The number of carbonyl (C=O) groups excluding carboxylic acids is 1. The van der Waals surface area contributed by atoms with Crippen LogP contribution in [0.3, 0.4) is 0 Å². The van der Waals surface area contributed by atoms with E-state index in [1.165, 1.54) is 11.5 Å². The number of hydrogen-bond acceptors (Lipinski definition) is 5. The first kappa shape index (κ1) is 16.4. The summed E-state index contributed by atoms with van der Waals surface area (Å²) >= 11 is 1.19. The molecule has 0 aliphatic rings. The Bertz CT molecular complexity index is 1050. The van der Waals surface area contributed by atoms with E-state index in [0.29, 0.717) is 17.4 Å². The van der Waals surface area contributed by atoms with Crippen LogP contribution < -0.4 is 5.32 Å². The zero-order valence-corrected chi connectivity index (χ0v) is 15.0. The van der Waals surface area contributed by atoms with Gasteiger partial charge in [-0.25, -0.2) is 9.36 Å². The van der Waals surface area contributed by atoms with E-state index in [2.05, 4.69) is 19.7 Å². The molecule has 4 aromatic rings. The van der Waals surface area contributed by atoms with Gasteiger partial charge in [0, 0.05) is 31.1 Å². The van der Waals surface area contributed by atoms with Gasteiger partial charge in [-0.3, -0.25) is 15.1 Å². The SMILES string of the molecule is Cc1cnsc1C(=O)Nc1nc2ccccc2n1CCc1ccccn1. The number of nitrogens with one attached hydrogen (secondary N) is 1. The number of anilines is 1. The number of benzene rings is 1. The van der Waals surface area contributed by atoms with Crippen molar-refractivity contribution in [3.8, 4) is 0 Å². The van der Waals surface area contributed by atoms with Gasteiger partial charge in [0.15, 0.2) is 0 Å². The molecule has 7 heteroatoms. The number of pyridine rings is 1. The minimum Gasteiger partial charge on any atom is -0.310 e. The van der Waals surface area contributed by atoms with E-state index in [1.54, 1.807) is 12.4 Å². The number of rotatable bonds is 5. The predicted octanol–water partition coefficient (Wildman–Crippen LogP) is 3.69. The first-order chi connectivity index (χ1) is 12.7. The summed E-state index contributed by atoms with van der Waals surface area (Å²) in [7, 11) is 0. The molecule has 0 aliphatic heterocycles. The summed E-state index contributed by atoms with van der Waals surface area (Å²) in [5.74, 6) is 0.360. The summed E-state index contributed by atoms with van der Waals surface area (Å²) < 4.78 is 6.10. The quantitative estimate of drug-likeness (QED) is 0.587. The number of hydrogen-bond donors (Lipinski definition) is 1. The van der Waals surface area contributed by atoms with Crippen molar-refractivity contribution in [3.63, 3.8) is 0 Å². The zero-order chi connectivity index (χ0) is 17.9. The summed E-state index contributed by atoms with van der Waals surface area (Å²) in [4.78, 5) is 22.2. The van der Waals surface area contributed by atoms with Crippen molar-refractivity contribution in [3.05, 3.63) is 71.0 Å². The number of aryl methyl sites for hydroxylation is 3. The lowest BCUT2D eigenvalue weighted by Crippen LogP contribution is -2.16. The Morgan fingerprint density at radius 3 is 2.81 bits per heavy atom. The molecule has 0 unspecified atom stereocenters. The molecule has 0 radical (unpaired) electrons. The Morgan fingerprint density at radius 1 is 1.19 bits per heavy atom. The Kier molecular flexibility index (Phi) is 4.45. The maximum atomic E-state index is 12.6. The Balaban J connectivity index is 1.65. The molecule has 4 rings (SSSR count). The number of aromatic nitrogens is 4. The van der Waals surface area contributed by atoms with Gasteiger partial charge >= 0.3 is 0 Å². The van der Waals surface area contributed by atoms with Crippen molar-refractivity contribution in [2.75, 3.05) is 5.32 Å². The fraction of sp³-hybridized carbons (Fsp3) is 0.158. The molecule has 0 fully saturated rings. The second-order valence-electron chi connectivity index (χ2n) is 5.94. The van der Waals surface area contributed by atoms with Crippen LogP contribution in [0.5, 0.6) is 0 Å². The van der Waals surface area contributed by atoms with Crippen LogP contribution in [0.25, 0.3) is 11.0 Å². The predicted molar refractivity (Wildman–Crippen MR) is 102 cm³/mol. The number of amides is 1. The Morgan fingerprint density at radius 2 is 2.04 bits per heavy atom. The van der Waals surface area contributed by atoms with E-state index >= 15 is 0 Å². The lowest BCUT2D eigenvalue weighted by Gasteiger charge is -2.09. The maximum Gasteiger partial charge on any atom is 0.269 e. The largest absolute Gasteiger partial charge is 0.310 e. The summed E-state index contributed by atoms with van der Waals surface area (Å²) in [6, 6.07) is 13.7. The number of nitrogens with zero attached hydrogens (tertiary/aromatic N) is 4. The minimum atomic E-state index is -0.181. The molecule has 3 heterocycles. The van der Waals surface area contributed by atoms with E-state index < -0.39 is 0 Å². The van der Waals surface area contributed by atoms with Gasteiger partial charge in [-0.2, -0.15) is 0 Å². The second-order valence-corrected chi connectivity index (χ2v) is 6.74. The lowest BCUT2D eigenvalue weighted by atomic mass is 10.2. The van der Waals surface area contributed by atoms with Crippen LogP contribution in [-0.2, 0) is 13.0 Å². The molecule has 0 aliphatic carbocycles. The van der Waals surface area contributed by atoms with Crippen LogP contribution in [-0.4, -0.2) is 24.8 Å². The molecule has 1 aromatic carbocycles. The van der Waals surface area contributed by atoms with Crippen molar-refractivity contribution >= 4 is 34.4 Å². The normalized spacial score (nSPS) is 11.0. The van der Waals surface area contributed by atoms with Crippen LogP contribution in [0.4, 0.5) is 5.95 Å². The summed E-state index contributed by atoms with van der Waals surface area (Å²) in [5, 5.41) is 2.94. The highest BCUT2D eigenvalue weighted by atomic mass is 32.1. The van der Waals surface area contributed by atoms with Gasteiger partial charge in [-0.15, -0.1) is 0 Å². The first-order valence-corrected chi connectivity index (χ1v) is 9.07. The van der Waals surface area contributed by atoms with E-state index in [4.69, 9.17) is 0 Å². The van der Waals surface area contributed by atoms with Gasteiger partial charge in [0.2, 0.25) is 5.95 Å². The Labute approximate surface area is 154 Å². The number of fused-ring (bicyclic) bond motifs is 1. The van der Waals surface area contributed by atoms with Crippen molar-refractivity contribution in [2.45, 2.75) is 19.9 Å². The van der Waals surface area contributed by atoms with Gasteiger partial charge in [0.25, 0.3) is 5.91 Å². The van der Waals surface area contributed by atoms with Crippen LogP contribution in [0.2, 0.25) is 0 Å². The van der Waals surface area contributed by atoms with Crippen molar-refractivity contribution < 1.29 is 4.79 Å². The van der Waals surface area contributed by atoms with Crippen LogP contribution in [0.15, 0.2) is 54.9 Å². The van der Waals surface area contributed by atoms with Crippen molar-refractivity contribution in [1.29, 1.82) is 0 Å². The first-order valence-electron chi connectivity index (χ1n) is 8.30. The van der Waals surface area contributed by atoms with Gasteiger partial charge < -0.3 is 4.57 Å². The fourth-order valence-corrected chi connectivity index (χ4v) is 3.48. The summed E-state index contributed by atoms with van der Waals surface area (Å²) in [5.41, 5.74) is 3.70. The molecule has 26 heavy (non-hydrogen) atoms. The van der Waals surface area contributed by atoms with Crippen molar-refractivity contribution in [2.24, 2.45) is 0 Å². The van der Waals surface area contributed by atoms with Gasteiger partial charge in [-0.1, -0.05) is 18.2 Å². The third-order valence-electron chi connectivity index (χ3n) is 4.15. The second kappa shape index (κ2) is 7.05. The molecule has 0 spiro atoms. The smallest absolute Gasteiger partial charge is 0.269 e. The van der Waals surface area contributed by atoms with E-state index in [9.17, 15) is 4.79 Å². The minimum absolute atomic E-state index is 0.181. The fourth-order valence-electron chi connectivity index (χ4n) is 2.84. The molecule has 0 saturated heterocycles. The number of carbonyl (C=O) groups is 1. The molecule has 1 N–H and O–H groups in total. The molecular weight excluding hydrogens is 346 g/mol. The summed E-state index contributed by atoms with van der Waals surface area (Å²) in [6.07, 6.45) is 4.24. The average molecular weight is 363 g/mol. The molecule has 3 aromatic heterocycles. The van der Waals surface area contributed by atoms with Crippen LogP contribution in [0.1, 0.15) is 20.9 Å². The van der Waals surface area contributed by atoms with Gasteiger partial charge in [-0.05, 0) is 48.3 Å². The van der Waals surface area contributed by atoms with Gasteiger partial charge in [0.1, 0.15) is 4.88 Å². The zero-order valence-electron chi connectivity index (χ0n) is 14.2. The molecule has 1 amide bonds. The van der Waals surface area contributed by atoms with Crippen LogP contribution in [0, 0.1) is 6.92 Å². The standard InChI is InChI=1S/C19H17N5OS/c1-13-12-21-26-17(13)18(25)23-19-22-15-7-2-3-8-16(15)24(19)11-9-14-6-4-5-10-20-14/h2-8,10,12H,9,11H2,1H3,(H,22,23,25). The molecule has 0 atom stereocenters. The van der Waals surface area contributed by atoms with Crippen molar-refractivity contribution in [1.82, 2.24) is 18.9 Å². The lowest BCUT2D eigenvalue weighted by molar-refractivity contribution is 0.102. The van der Waals surface area contributed by atoms with Gasteiger partial charge in [0.05, 0.1) is 11.0 Å². The molecular formula is C19H17N5OS. The highest BCUT2D eigenvalue weighted by Crippen LogP contribution is 2.22. The third kappa shape index (κ3) is 3.21. The Hall–Kier alpha value is -3.06. The van der Waals surface area contributed by atoms with E-state index in [-0.39, 0.29) is 5.91 Å². The summed E-state index contributed by atoms with van der Waals surface area (Å²) in [6.45, 7) is 2.55.